The summed E-state index contributed by atoms with van der Waals surface area (Å²) in [6.07, 6.45) is -4.87. The van der Waals surface area contributed by atoms with E-state index in [2.05, 4.69) is 14.9 Å². The Hall–Kier alpha value is -2.98. The lowest BCUT2D eigenvalue weighted by atomic mass is 10.2. The van der Waals surface area contributed by atoms with Crippen molar-refractivity contribution in [3.63, 3.8) is 0 Å². The Bertz CT molecular complexity index is 734. The molecule has 0 spiro atoms. The molecule has 6 nitrogen and oxygen atoms in total. The van der Waals surface area contributed by atoms with Gasteiger partial charge in [-0.1, -0.05) is 0 Å². The number of nitrogens with zero attached hydrogens (tertiary/aromatic N) is 2. The van der Waals surface area contributed by atoms with Gasteiger partial charge in [-0.05, 0) is 30.3 Å². The van der Waals surface area contributed by atoms with Crippen LogP contribution in [0.1, 0.15) is 16.1 Å². The molecule has 0 bridgehead atoms. The summed E-state index contributed by atoms with van der Waals surface area (Å²) in [5.41, 5.74) is -2.35. The first-order valence-corrected chi connectivity index (χ1v) is 6.08. The number of aromatic carboxylic acids is 1. The Kier molecular flexibility index (Phi) is 4.81. The molecule has 0 radical (unpaired) electrons. The number of ether oxygens (including phenoxy) is 2. The van der Waals surface area contributed by atoms with Crippen LogP contribution in [0.4, 0.5) is 22.0 Å². The van der Waals surface area contributed by atoms with Crippen LogP contribution in [0.2, 0.25) is 0 Å². The summed E-state index contributed by atoms with van der Waals surface area (Å²) in [6, 6.07) is 4.75. The van der Waals surface area contributed by atoms with E-state index in [-0.39, 0.29) is 17.6 Å². The van der Waals surface area contributed by atoms with Gasteiger partial charge in [-0.3, -0.25) is 0 Å². The third-order valence-electron chi connectivity index (χ3n) is 2.54. The highest BCUT2D eigenvalue weighted by molar-refractivity contribution is 5.90. The van der Waals surface area contributed by atoms with Crippen molar-refractivity contribution in [1.82, 2.24) is 10.2 Å². The second-order valence-corrected chi connectivity index (χ2v) is 4.20. The minimum atomic E-state index is -4.87. The monoisotopic (exact) mass is 350 g/mol. The van der Waals surface area contributed by atoms with Gasteiger partial charge < -0.3 is 14.6 Å². The van der Waals surface area contributed by atoms with Gasteiger partial charge in [0.05, 0.1) is 0 Å². The van der Waals surface area contributed by atoms with Gasteiger partial charge in [0.25, 0.3) is 5.88 Å². The van der Waals surface area contributed by atoms with Crippen LogP contribution in [-0.2, 0) is 6.18 Å². The third kappa shape index (κ3) is 4.27. The molecule has 0 aliphatic rings. The summed E-state index contributed by atoms with van der Waals surface area (Å²) in [4.78, 5) is 11.0. The maximum atomic E-state index is 12.5. The molecule has 0 fully saturated rings. The lowest BCUT2D eigenvalue weighted by Gasteiger charge is -2.10. The molecule has 0 aliphatic carbocycles. The number of benzene rings is 1. The highest BCUT2D eigenvalue weighted by Gasteiger charge is 2.35. The zero-order valence-corrected chi connectivity index (χ0v) is 11.4. The van der Waals surface area contributed by atoms with Gasteiger partial charge in [-0.25, -0.2) is 4.79 Å². The van der Waals surface area contributed by atoms with Crippen molar-refractivity contribution in [3.05, 3.63) is 41.6 Å². The number of hydrogen-bond acceptors (Lipinski definition) is 5. The summed E-state index contributed by atoms with van der Waals surface area (Å²) in [7, 11) is 0. The molecule has 0 amide bonds. The first-order chi connectivity index (χ1) is 11.2. The first kappa shape index (κ1) is 17.4. The summed E-state index contributed by atoms with van der Waals surface area (Å²) in [5, 5.41) is 14.9. The average molecular weight is 350 g/mol. The van der Waals surface area contributed by atoms with E-state index in [9.17, 15) is 26.7 Å². The Morgan fingerprint density at radius 3 is 2.17 bits per heavy atom. The van der Waals surface area contributed by atoms with E-state index in [1.54, 1.807) is 0 Å². The molecule has 0 aliphatic heterocycles. The average Bonchev–Trinajstić information content (AvgIpc) is 2.47. The molecule has 11 heteroatoms. The number of carboxylic acid groups (broad SMARTS) is 1. The van der Waals surface area contributed by atoms with E-state index in [1.807, 2.05) is 0 Å². The van der Waals surface area contributed by atoms with Gasteiger partial charge in [0.15, 0.2) is 5.69 Å². The van der Waals surface area contributed by atoms with E-state index in [0.717, 1.165) is 24.3 Å². The summed E-state index contributed by atoms with van der Waals surface area (Å²) in [5.74, 6) is -2.64. The molecule has 0 saturated heterocycles. The molecule has 0 saturated carbocycles. The van der Waals surface area contributed by atoms with Crippen LogP contribution in [0.25, 0.3) is 0 Å². The van der Waals surface area contributed by atoms with Crippen LogP contribution in [0.15, 0.2) is 30.3 Å². The molecule has 0 unspecified atom stereocenters. The molecule has 128 valence electrons. The Balaban J connectivity index is 2.27. The van der Waals surface area contributed by atoms with Gasteiger partial charge in [0, 0.05) is 0 Å². The molecule has 24 heavy (non-hydrogen) atoms. The molecule has 1 N–H and O–H groups in total. The largest absolute Gasteiger partial charge is 0.477 e. The molecule has 1 aromatic heterocycles. The number of carboxylic acids is 1. The molecule has 1 aromatic carbocycles. The van der Waals surface area contributed by atoms with Crippen LogP contribution >= 0.6 is 0 Å². The lowest BCUT2D eigenvalue weighted by molar-refractivity contribution is -0.141. The van der Waals surface area contributed by atoms with E-state index in [0.29, 0.717) is 0 Å². The maximum absolute atomic E-state index is 12.5. The Morgan fingerprint density at radius 1 is 1.08 bits per heavy atom. The first-order valence-electron chi connectivity index (χ1n) is 6.08. The van der Waals surface area contributed by atoms with E-state index in [1.165, 1.54) is 0 Å². The number of aromatic nitrogens is 2. The van der Waals surface area contributed by atoms with Crippen LogP contribution in [0.3, 0.4) is 0 Å². The van der Waals surface area contributed by atoms with Gasteiger partial charge in [0.1, 0.15) is 17.1 Å². The SMILES string of the molecule is O=C(O)c1cc(C(F)(F)F)nnc1Oc1ccc(OC(F)F)cc1. The smallest absolute Gasteiger partial charge is 0.435 e. The number of alkyl halides is 5. The van der Waals surface area contributed by atoms with Crippen molar-refractivity contribution in [1.29, 1.82) is 0 Å². The van der Waals surface area contributed by atoms with Crippen molar-refractivity contribution >= 4 is 5.97 Å². The van der Waals surface area contributed by atoms with Crippen molar-refractivity contribution in [3.8, 4) is 17.4 Å². The number of rotatable bonds is 5. The lowest BCUT2D eigenvalue weighted by Crippen LogP contribution is -2.13. The minimum Gasteiger partial charge on any atom is -0.477 e. The van der Waals surface area contributed by atoms with Crippen molar-refractivity contribution in [2.45, 2.75) is 12.8 Å². The topological polar surface area (TPSA) is 81.5 Å². The third-order valence-corrected chi connectivity index (χ3v) is 2.54. The van der Waals surface area contributed by atoms with Crippen LogP contribution in [0.5, 0.6) is 17.4 Å². The summed E-state index contributed by atoms with van der Waals surface area (Å²) >= 11 is 0. The second-order valence-electron chi connectivity index (χ2n) is 4.20. The van der Waals surface area contributed by atoms with E-state index >= 15 is 0 Å². The van der Waals surface area contributed by atoms with Gasteiger partial charge >= 0.3 is 18.8 Å². The second kappa shape index (κ2) is 6.64. The highest BCUT2D eigenvalue weighted by atomic mass is 19.4. The predicted octanol–water partition coefficient (Wildman–Crippen LogP) is 3.59. The molecule has 0 atom stereocenters. The van der Waals surface area contributed by atoms with E-state index < -0.39 is 35.9 Å². The normalized spacial score (nSPS) is 11.4. The zero-order valence-electron chi connectivity index (χ0n) is 11.4. The standard InChI is InChI=1S/C13H7F5N2O4/c14-12(15)24-7-3-1-6(2-4-7)23-10-8(11(21)22)5-9(19-20-10)13(16,17)18/h1-5,12H,(H,21,22). The molecular weight excluding hydrogens is 343 g/mol. The predicted molar refractivity (Wildman–Crippen MR) is 67.1 cm³/mol. The summed E-state index contributed by atoms with van der Waals surface area (Å²) < 4.78 is 70.7. The van der Waals surface area contributed by atoms with Gasteiger partial charge in [-0.15, -0.1) is 10.2 Å². The summed E-state index contributed by atoms with van der Waals surface area (Å²) in [6.45, 7) is -3.03. The molecule has 1 heterocycles. The van der Waals surface area contributed by atoms with Crippen LogP contribution in [-0.4, -0.2) is 27.9 Å². The van der Waals surface area contributed by atoms with Gasteiger partial charge in [-0.2, -0.15) is 22.0 Å². The molecule has 2 rings (SSSR count). The van der Waals surface area contributed by atoms with Crippen LogP contribution < -0.4 is 9.47 Å². The fourth-order valence-corrected chi connectivity index (χ4v) is 1.55. The van der Waals surface area contributed by atoms with Crippen molar-refractivity contribution in [2.24, 2.45) is 0 Å². The van der Waals surface area contributed by atoms with E-state index in [4.69, 9.17) is 9.84 Å². The minimum absolute atomic E-state index is 0.0619. The Labute approximate surface area is 130 Å². The molecular formula is C13H7F5N2O4. The molecule has 2 aromatic rings. The quantitative estimate of drug-likeness (QED) is 0.830. The van der Waals surface area contributed by atoms with Crippen molar-refractivity contribution in [2.75, 3.05) is 0 Å². The van der Waals surface area contributed by atoms with Gasteiger partial charge in [0.2, 0.25) is 0 Å². The number of hydrogen-bond donors (Lipinski definition) is 1. The number of carbonyl (C=O) groups is 1. The van der Waals surface area contributed by atoms with Crippen molar-refractivity contribution < 1.29 is 41.3 Å². The fraction of sp³-hybridized carbons (Fsp3) is 0.154. The Morgan fingerprint density at radius 2 is 1.67 bits per heavy atom. The maximum Gasteiger partial charge on any atom is 0.435 e. The number of halogens is 5. The fourth-order valence-electron chi connectivity index (χ4n) is 1.55. The van der Waals surface area contributed by atoms with Crippen LogP contribution in [0, 0.1) is 0 Å². The zero-order chi connectivity index (χ0) is 17.9. The highest BCUT2D eigenvalue weighted by Crippen LogP contribution is 2.31.